The minimum Gasteiger partial charge on any atom is -0.320 e. The second kappa shape index (κ2) is 5.37. The van der Waals surface area contributed by atoms with Crippen LogP contribution in [0.5, 0.6) is 0 Å². The summed E-state index contributed by atoms with van der Waals surface area (Å²) in [5, 5.41) is 0. The molecule has 0 spiro atoms. The Morgan fingerprint density at radius 1 is 1.15 bits per heavy atom. The fraction of sp³-hybridized carbons (Fsp3) is 0.333. The van der Waals surface area contributed by atoms with E-state index in [4.69, 9.17) is 5.73 Å². The maximum atomic E-state index is 13.7. The van der Waals surface area contributed by atoms with Crippen LogP contribution in [0.25, 0.3) is 0 Å². The molecule has 0 bridgehead atoms. The minimum atomic E-state index is -0.248. The Balaban J connectivity index is 1.97. The number of aryl methyl sites for hydroxylation is 1. The molecule has 1 nitrogen and oxygen atoms in total. The maximum Gasteiger partial charge on any atom is 0.126 e. The molecule has 1 atom stereocenters. The summed E-state index contributed by atoms with van der Waals surface area (Å²) in [6.45, 7) is 1.77. The Bertz CT molecular complexity index is 617. The molecule has 3 rings (SSSR count). The van der Waals surface area contributed by atoms with Crippen LogP contribution in [0.15, 0.2) is 42.5 Å². The Kier molecular flexibility index (Phi) is 3.58. The predicted octanol–water partition coefficient (Wildman–Crippen LogP) is 4.45. The molecule has 0 radical (unpaired) electrons. The van der Waals surface area contributed by atoms with Crippen molar-refractivity contribution in [1.82, 2.24) is 0 Å². The first kappa shape index (κ1) is 13.3. The fourth-order valence-corrected chi connectivity index (χ4v) is 2.87. The standard InChI is InChI=1S/C18H20FN/c1-12-9-10-14(11-17(12)19)18(20)16-8-3-2-7-15(16)13-5-4-6-13/h2-3,7-11,13,18H,4-6,20H2,1H3. The first-order valence-corrected chi connectivity index (χ1v) is 7.27. The van der Waals surface area contributed by atoms with Crippen molar-refractivity contribution in [2.75, 3.05) is 0 Å². The normalized spacial score (nSPS) is 16.8. The highest BCUT2D eigenvalue weighted by Crippen LogP contribution is 2.40. The van der Waals surface area contributed by atoms with E-state index < -0.39 is 0 Å². The van der Waals surface area contributed by atoms with Crippen LogP contribution in [0, 0.1) is 12.7 Å². The van der Waals surface area contributed by atoms with Gasteiger partial charge in [-0.1, -0.05) is 42.8 Å². The highest BCUT2D eigenvalue weighted by molar-refractivity contribution is 5.40. The van der Waals surface area contributed by atoms with E-state index in [1.165, 1.54) is 24.8 Å². The monoisotopic (exact) mass is 269 g/mol. The van der Waals surface area contributed by atoms with Gasteiger partial charge in [0.25, 0.3) is 0 Å². The van der Waals surface area contributed by atoms with Gasteiger partial charge in [0.2, 0.25) is 0 Å². The number of nitrogens with two attached hydrogens (primary N) is 1. The minimum absolute atomic E-state index is 0.181. The number of hydrogen-bond donors (Lipinski definition) is 1. The zero-order chi connectivity index (χ0) is 14.1. The van der Waals surface area contributed by atoms with Gasteiger partial charge < -0.3 is 5.73 Å². The van der Waals surface area contributed by atoms with Crippen LogP contribution >= 0.6 is 0 Å². The Morgan fingerprint density at radius 3 is 2.55 bits per heavy atom. The molecule has 0 amide bonds. The molecular formula is C18H20FN. The predicted molar refractivity (Wildman–Crippen MR) is 80.2 cm³/mol. The summed E-state index contributed by atoms with van der Waals surface area (Å²) in [5.41, 5.74) is 10.4. The molecule has 1 saturated carbocycles. The van der Waals surface area contributed by atoms with Gasteiger partial charge in [0.15, 0.2) is 0 Å². The molecular weight excluding hydrogens is 249 g/mol. The number of hydrogen-bond acceptors (Lipinski definition) is 1. The Labute approximate surface area is 119 Å². The van der Waals surface area contributed by atoms with Crippen molar-refractivity contribution in [3.63, 3.8) is 0 Å². The smallest absolute Gasteiger partial charge is 0.126 e. The summed E-state index contributed by atoms with van der Waals surface area (Å²) >= 11 is 0. The van der Waals surface area contributed by atoms with Crippen LogP contribution in [-0.2, 0) is 0 Å². The molecule has 0 heterocycles. The van der Waals surface area contributed by atoms with Gasteiger partial charge in [0.05, 0.1) is 6.04 Å². The first-order valence-electron chi connectivity index (χ1n) is 7.27. The van der Waals surface area contributed by atoms with Crippen LogP contribution < -0.4 is 5.73 Å². The van der Waals surface area contributed by atoms with Crippen LogP contribution in [-0.4, -0.2) is 0 Å². The average molecular weight is 269 g/mol. The zero-order valence-corrected chi connectivity index (χ0v) is 11.8. The highest BCUT2D eigenvalue weighted by atomic mass is 19.1. The van der Waals surface area contributed by atoms with Crippen molar-refractivity contribution in [2.24, 2.45) is 5.73 Å². The van der Waals surface area contributed by atoms with Gasteiger partial charge in [0.1, 0.15) is 5.82 Å². The lowest BCUT2D eigenvalue weighted by Gasteiger charge is -2.29. The second-order valence-electron chi connectivity index (χ2n) is 5.74. The van der Waals surface area contributed by atoms with E-state index in [0.29, 0.717) is 11.5 Å². The second-order valence-corrected chi connectivity index (χ2v) is 5.74. The van der Waals surface area contributed by atoms with Gasteiger partial charge in [-0.25, -0.2) is 4.39 Å². The van der Waals surface area contributed by atoms with Crippen LogP contribution in [0.1, 0.15) is 53.5 Å². The summed E-state index contributed by atoms with van der Waals surface area (Å²) in [6, 6.07) is 13.4. The summed E-state index contributed by atoms with van der Waals surface area (Å²) in [6.07, 6.45) is 3.78. The maximum absolute atomic E-state index is 13.7. The summed E-state index contributed by atoms with van der Waals surface area (Å²) in [5.74, 6) is 0.451. The molecule has 0 saturated heterocycles. The Morgan fingerprint density at radius 2 is 1.90 bits per heavy atom. The summed E-state index contributed by atoms with van der Waals surface area (Å²) in [7, 11) is 0. The van der Waals surface area contributed by atoms with Crippen molar-refractivity contribution < 1.29 is 4.39 Å². The summed E-state index contributed by atoms with van der Waals surface area (Å²) in [4.78, 5) is 0. The Hall–Kier alpha value is -1.67. The van der Waals surface area contributed by atoms with E-state index in [-0.39, 0.29) is 11.9 Å². The van der Waals surface area contributed by atoms with Crippen molar-refractivity contribution in [3.8, 4) is 0 Å². The van der Waals surface area contributed by atoms with Crippen molar-refractivity contribution >= 4 is 0 Å². The van der Waals surface area contributed by atoms with Crippen LogP contribution in [0.2, 0.25) is 0 Å². The molecule has 2 heteroatoms. The van der Waals surface area contributed by atoms with Gasteiger partial charge in [-0.2, -0.15) is 0 Å². The molecule has 1 aliphatic carbocycles. The lowest BCUT2D eigenvalue weighted by Crippen LogP contribution is -2.18. The van der Waals surface area contributed by atoms with E-state index in [1.54, 1.807) is 19.1 Å². The van der Waals surface area contributed by atoms with E-state index in [1.807, 2.05) is 12.1 Å². The van der Waals surface area contributed by atoms with Gasteiger partial charge in [-0.3, -0.25) is 0 Å². The fourth-order valence-electron chi connectivity index (χ4n) is 2.87. The van der Waals surface area contributed by atoms with E-state index in [2.05, 4.69) is 18.2 Å². The summed E-state index contributed by atoms with van der Waals surface area (Å²) < 4.78 is 13.7. The molecule has 1 fully saturated rings. The molecule has 2 aromatic carbocycles. The topological polar surface area (TPSA) is 26.0 Å². The third-order valence-corrected chi connectivity index (χ3v) is 4.43. The third kappa shape index (κ3) is 2.36. The average Bonchev–Trinajstić information content (AvgIpc) is 2.40. The van der Waals surface area contributed by atoms with Gasteiger partial charge in [-0.05, 0) is 54.0 Å². The van der Waals surface area contributed by atoms with Crippen molar-refractivity contribution in [2.45, 2.75) is 38.1 Å². The van der Waals surface area contributed by atoms with Crippen LogP contribution in [0.3, 0.4) is 0 Å². The molecule has 2 N–H and O–H groups in total. The lowest BCUT2D eigenvalue weighted by atomic mass is 9.76. The zero-order valence-electron chi connectivity index (χ0n) is 11.8. The van der Waals surface area contributed by atoms with Crippen LogP contribution in [0.4, 0.5) is 4.39 Å². The number of halogens is 1. The molecule has 0 aromatic heterocycles. The quantitative estimate of drug-likeness (QED) is 0.875. The number of rotatable bonds is 3. The molecule has 1 aliphatic rings. The molecule has 104 valence electrons. The molecule has 1 unspecified atom stereocenters. The van der Waals surface area contributed by atoms with Gasteiger partial charge in [-0.15, -0.1) is 0 Å². The highest BCUT2D eigenvalue weighted by Gasteiger charge is 2.24. The molecule has 20 heavy (non-hydrogen) atoms. The SMILES string of the molecule is Cc1ccc(C(N)c2ccccc2C2CCC2)cc1F. The number of benzene rings is 2. The van der Waals surface area contributed by atoms with E-state index in [9.17, 15) is 4.39 Å². The largest absolute Gasteiger partial charge is 0.320 e. The van der Waals surface area contributed by atoms with E-state index in [0.717, 1.165) is 11.1 Å². The van der Waals surface area contributed by atoms with Gasteiger partial charge in [0, 0.05) is 0 Å². The molecule has 2 aromatic rings. The van der Waals surface area contributed by atoms with Crippen molar-refractivity contribution in [3.05, 3.63) is 70.5 Å². The third-order valence-electron chi connectivity index (χ3n) is 4.43. The van der Waals surface area contributed by atoms with E-state index >= 15 is 0 Å². The van der Waals surface area contributed by atoms with Crippen molar-refractivity contribution in [1.29, 1.82) is 0 Å². The first-order chi connectivity index (χ1) is 9.66. The lowest BCUT2D eigenvalue weighted by molar-refractivity contribution is 0.416. The van der Waals surface area contributed by atoms with Gasteiger partial charge >= 0.3 is 0 Å². The molecule has 0 aliphatic heterocycles.